The molecule has 168 valence electrons. The molecule has 0 aliphatic carbocycles. The fraction of sp³-hybridized carbons (Fsp3) is 0.300. The average molecular weight is 505 g/mol. The van der Waals surface area contributed by atoms with Crippen LogP contribution in [0.5, 0.6) is 5.88 Å². The summed E-state index contributed by atoms with van der Waals surface area (Å²) in [4.78, 5) is 28.6. The second kappa shape index (κ2) is 11.2. The minimum absolute atomic E-state index is 0.00737. The molecule has 0 aliphatic heterocycles. The average Bonchev–Trinajstić information content (AvgIpc) is 2.75. The molecule has 11 nitrogen and oxygen atoms in total. The number of hydrazone groups is 1. The number of aromatic nitrogens is 1. The number of nitrogens with zero attached hydrogens (tertiary/aromatic N) is 5. The van der Waals surface area contributed by atoms with Crippen LogP contribution in [0.3, 0.4) is 0 Å². The van der Waals surface area contributed by atoms with Crippen molar-refractivity contribution in [2.75, 3.05) is 32.7 Å². The Morgan fingerprint density at radius 2 is 2.19 bits per heavy atom. The minimum atomic E-state index is -0.599. The number of nitrogens with one attached hydrogen (secondary N) is 1. The zero-order valence-electron chi connectivity index (χ0n) is 17.9. The quantitative estimate of drug-likeness (QED) is 0.311. The molecule has 0 saturated heterocycles. The van der Waals surface area contributed by atoms with Crippen molar-refractivity contribution < 1.29 is 19.2 Å². The first-order valence-electron chi connectivity index (χ1n) is 9.18. The SMILES string of the molecule is COCc1c(Br)c(C)nc(OCC(=O)N/N=C/c2cc([N+](=O)[O-])ccc2N(C)C)c1C#N. The molecule has 32 heavy (non-hydrogen) atoms. The minimum Gasteiger partial charge on any atom is -0.467 e. The lowest BCUT2D eigenvalue weighted by Gasteiger charge is -2.15. The molecular formula is C20H21BrN6O5. The van der Waals surface area contributed by atoms with E-state index in [4.69, 9.17) is 9.47 Å². The largest absolute Gasteiger partial charge is 0.467 e. The van der Waals surface area contributed by atoms with Crippen molar-refractivity contribution in [2.45, 2.75) is 13.5 Å². The second-order valence-electron chi connectivity index (χ2n) is 6.69. The van der Waals surface area contributed by atoms with Crippen LogP contribution in [0.2, 0.25) is 0 Å². The van der Waals surface area contributed by atoms with Gasteiger partial charge in [-0.25, -0.2) is 10.4 Å². The number of anilines is 1. The summed E-state index contributed by atoms with van der Waals surface area (Å²) in [6, 6.07) is 6.35. The molecule has 0 atom stereocenters. The number of nitriles is 1. The van der Waals surface area contributed by atoms with Gasteiger partial charge < -0.3 is 14.4 Å². The summed E-state index contributed by atoms with van der Waals surface area (Å²) in [6.45, 7) is 1.45. The zero-order valence-corrected chi connectivity index (χ0v) is 19.5. The predicted molar refractivity (Wildman–Crippen MR) is 121 cm³/mol. The van der Waals surface area contributed by atoms with Gasteiger partial charge in [-0.3, -0.25) is 14.9 Å². The van der Waals surface area contributed by atoms with Crippen molar-refractivity contribution in [3.8, 4) is 11.9 Å². The Bertz CT molecular complexity index is 1100. The van der Waals surface area contributed by atoms with Gasteiger partial charge >= 0.3 is 0 Å². The molecule has 0 radical (unpaired) electrons. The summed E-state index contributed by atoms with van der Waals surface area (Å²) >= 11 is 3.38. The Morgan fingerprint density at radius 3 is 2.78 bits per heavy atom. The third kappa shape index (κ3) is 5.99. The lowest BCUT2D eigenvalue weighted by atomic mass is 10.1. The van der Waals surface area contributed by atoms with Gasteiger partial charge in [0.1, 0.15) is 11.6 Å². The molecule has 1 N–H and O–H groups in total. The standard InChI is InChI=1S/C20H21BrN6O5/c1-12-19(21)16(10-31-4)15(8-22)20(24-12)32-11-18(28)25-23-9-13-7-14(27(29)30)5-6-17(13)26(2)3/h5-7,9H,10-11H2,1-4H3,(H,25,28)/b23-9+. The van der Waals surface area contributed by atoms with Crippen molar-refractivity contribution >= 4 is 39.4 Å². The van der Waals surface area contributed by atoms with Gasteiger partial charge in [0.25, 0.3) is 11.6 Å². The molecule has 1 amide bonds. The van der Waals surface area contributed by atoms with Crippen LogP contribution in [0.25, 0.3) is 0 Å². The van der Waals surface area contributed by atoms with E-state index in [2.05, 4.69) is 31.4 Å². The molecule has 1 heterocycles. The first-order chi connectivity index (χ1) is 15.2. The number of nitro benzene ring substituents is 1. The molecule has 12 heteroatoms. The van der Waals surface area contributed by atoms with E-state index in [1.807, 2.05) is 6.07 Å². The highest BCUT2D eigenvalue weighted by atomic mass is 79.9. The molecule has 0 spiro atoms. The molecule has 0 saturated carbocycles. The van der Waals surface area contributed by atoms with Crippen LogP contribution in [-0.2, 0) is 16.1 Å². The number of ether oxygens (including phenoxy) is 2. The summed E-state index contributed by atoms with van der Waals surface area (Å²) < 4.78 is 11.2. The van der Waals surface area contributed by atoms with E-state index in [0.717, 1.165) is 0 Å². The molecule has 1 aromatic heterocycles. The summed E-state index contributed by atoms with van der Waals surface area (Å²) in [5.41, 5.74) is 4.63. The number of amides is 1. The number of nitro groups is 1. The number of pyridine rings is 1. The van der Waals surface area contributed by atoms with Crippen molar-refractivity contribution in [1.82, 2.24) is 10.4 Å². The van der Waals surface area contributed by atoms with E-state index in [-0.39, 0.29) is 23.7 Å². The maximum absolute atomic E-state index is 12.1. The first-order valence-corrected chi connectivity index (χ1v) is 9.97. The molecule has 0 unspecified atom stereocenters. The maximum Gasteiger partial charge on any atom is 0.278 e. The van der Waals surface area contributed by atoms with Crippen LogP contribution < -0.4 is 15.1 Å². The normalized spacial score (nSPS) is 10.6. The Balaban J connectivity index is 2.12. The van der Waals surface area contributed by atoms with Gasteiger partial charge in [0.05, 0.1) is 23.4 Å². The molecule has 1 aromatic carbocycles. The van der Waals surface area contributed by atoms with E-state index >= 15 is 0 Å². The predicted octanol–water partition coefficient (Wildman–Crippen LogP) is 2.67. The van der Waals surface area contributed by atoms with Crippen LogP contribution >= 0.6 is 15.9 Å². The monoisotopic (exact) mass is 504 g/mol. The highest BCUT2D eigenvalue weighted by Crippen LogP contribution is 2.30. The number of benzene rings is 1. The van der Waals surface area contributed by atoms with Crippen molar-refractivity contribution in [2.24, 2.45) is 5.10 Å². The molecule has 0 fully saturated rings. The van der Waals surface area contributed by atoms with Gasteiger partial charge in [-0.05, 0) is 28.9 Å². The number of carbonyl (C=O) groups excluding carboxylic acids is 1. The van der Waals surface area contributed by atoms with Gasteiger partial charge in [-0.2, -0.15) is 10.4 Å². The lowest BCUT2D eigenvalue weighted by Crippen LogP contribution is -2.25. The Kier molecular flexibility index (Phi) is 8.62. The second-order valence-corrected chi connectivity index (χ2v) is 7.48. The number of halogens is 1. The third-order valence-electron chi connectivity index (χ3n) is 4.20. The Hall–Kier alpha value is -3.56. The number of aryl methyl sites for hydroxylation is 1. The molecular weight excluding hydrogens is 484 g/mol. The summed E-state index contributed by atoms with van der Waals surface area (Å²) in [7, 11) is 5.06. The third-order valence-corrected chi connectivity index (χ3v) is 5.26. The van der Waals surface area contributed by atoms with Gasteiger partial charge in [0.2, 0.25) is 5.88 Å². The number of carbonyl (C=O) groups is 1. The molecule has 0 aliphatic rings. The fourth-order valence-electron chi connectivity index (χ4n) is 2.72. The Labute approximate surface area is 192 Å². The van der Waals surface area contributed by atoms with Gasteiger partial charge in [-0.1, -0.05) is 0 Å². The van der Waals surface area contributed by atoms with E-state index in [1.165, 1.54) is 25.5 Å². The molecule has 2 rings (SSSR count). The number of non-ortho nitro benzene ring substituents is 1. The lowest BCUT2D eigenvalue weighted by molar-refractivity contribution is -0.384. The topological polar surface area (TPSA) is 143 Å². The van der Waals surface area contributed by atoms with E-state index < -0.39 is 17.4 Å². The maximum atomic E-state index is 12.1. The number of hydrogen-bond donors (Lipinski definition) is 1. The van der Waals surface area contributed by atoms with Gasteiger partial charge in [0, 0.05) is 54.6 Å². The smallest absolute Gasteiger partial charge is 0.278 e. The Morgan fingerprint density at radius 1 is 1.47 bits per heavy atom. The summed E-state index contributed by atoms with van der Waals surface area (Å²) in [6.07, 6.45) is 1.31. The van der Waals surface area contributed by atoms with Crippen LogP contribution in [0.1, 0.15) is 22.4 Å². The van der Waals surface area contributed by atoms with E-state index in [9.17, 15) is 20.2 Å². The van der Waals surface area contributed by atoms with Crippen molar-refractivity contribution in [1.29, 1.82) is 5.26 Å². The number of methoxy groups -OCH3 is 1. The van der Waals surface area contributed by atoms with Crippen LogP contribution in [-0.4, -0.2) is 49.8 Å². The summed E-state index contributed by atoms with van der Waals surface area (Å²) in [5, 5.41) is 24.4. The van der Waals surface area contributed by atoms with Crippen molar-refractivity contribution in [3.05, 3.63) is 55.2 Å². The van der Waals surface area contributed by atoms with Gasteiger partial charge in [0.15, 0.2) is 6.61 Å². The van der Waals surface area contributed by atoms with Crippen molar-refractivity contribution in [3.63, 3.8) is 0 Å². The highest BCUT2D eigenvalue weighted by molar-refractivity contribution is 9.10. The zero-order chi connectivity index (χ0) is 23.8. The van der Waals surface area contributed by atoms with Crippen LogP contribution in [0.4, 0.5) is 11.4 Å². The van der Waals surface area contributed by atoms with E-state index in [0.29, 0.717) is 27.0 Å². The fourth-order valence-corrected chi connectivity index (χ4v) is 3.12. The van der Waals surface area contributed by atoms with Gasteiger partial charge in [-0.15, -0.1) is 0 Å². The highest BCUT2D eigenvalue weighted by Gasteiger charge is 2.18. The first kappa shape index (κ1) is 24.7. The van der Waals surface area contributed by atoms with Crippen LogP contribution in [0.15, 0.2) is 27.8 Å². The van der Waals surface area contributed by atoms with Crippen LogP contribution in [0, 0.1) is 28.4 Å². The number of rotatable bonds is 9. The van der Waals surface area contributed by atoms with E-state index in [1.54, 1.807) is 32.0 Å². The molecule has 2 aromatic rings. The summed E-state index contributed by atoms with van der Waals surface area (Å²) in [5.74, 6) is -0.592. The molecule has 0 bridgehead atoms. The number of hydrogen-bond acceptors (Lipinski definition) is 9.